The van der Waals surface area contributed by atoms with Crippen molar-refractivity contribution in [1.29, 1.82) is 0 Å². The summed E-state index contributed by atoms with van der Waals surface area (Å²) in [7, 11) is 1.69. The van der Waals surface area contributed by atoms with Crippen LogP contribution in [0.4, 0.5) is 0 Å². The molecule has 0 spiro atoms. The van der Waals surface area contributed by atoms with Gasteiger partial charge >= 0.3 is 0 Å². The van der Waals surface area contributed by atoms with Crippen molar-refractivity contribution in [2.45, 2.75) is 45.3 Å². The molecule has 0 aromatic heterocycles. The SMILES string of the molecule is CCCC(OC)OCCCCCCl. The van der Waals surface area contributed by atoms with Crippen LogP contribution in [0.1, 0.15) is 39.0 Å². The number of ether oxygens (including phenoxy) is 2. The molecule has 80 valence electrons. The number of halogens is 1. The highest BCUT2D eigenvalue weighted by Crippen LogP contribution is 2.05. The second-order valence-electron chi connectivity index (χ2n) is 3.07. The molecule has 0 fully saturated rings. The molecule has 1 atom stereocenters. The Kier molecular flexibility index (Phi) is 10.5. The van der Waals surface area contributed by atoms with Crippen molar-refractivity contribution >= 4 is 11.6 Å². The molecule has 3 heteroatoms. The van der Waals surface area contributed by atoms with Gasteiger partial charge in [-0.25, -0.2) is 0 Å². The van der Waals surface area contributed by atoms with Crippen LogP contribution in [-0.2, 0) is 9.47 Å². The Labute approximate surface area is 86.6 Å². The minimum absolute atomic E-state index is 0.0130. The number of alkyl halides is 1. The minimum atomic E-state index is -0.0130. The van der Waals surface area contributed by atoms with Crippen LogP contribution in [-0.4, -0.2) is 25.9 Å². The van der Waals surface area contributed by atoms with E-state index in [4.69, 9.17) is 21.1 Å². The van der Waals surface area contributed by atoms with Crippen LogP contribution in [0.2, 0.25) is 0 Å². The molecule has 1 unspecified atom stereocenters. The third-order valence-corrected chi connectivity index (χ3v) is 2.14. The number of methoxy groups -OCH3 is 1. The number of hydrogen-bond donors (Lipinski definition) is 0. The highest BCUT2D eigenvalue weighted by Gasteiger charge is 2.04. The summed E-state index contributed by atoms with van der Waals surface area (Å²) in [4.78, 5) is 0. The summed E-state index contributed by atoms with van der Waals surface area (Å²) in [5, 5.41) is 0. The van der Waals surface area contributed by atoms with Crippen LogP contribution >= 0.6 is 11.6 Å². The van der Waals surface area contributed by atoms with Gasteiger partial charge in [0, 0.05) is 19.6 Å². The van der Waals surface area contributed by atoms with Gasteiger partial charge in [-0.2, -0.15) is 0 Å². The zero-order valence-electron chi connectivity index (χ0n) is 8.72. The third kappa shape index (κ3) is 8.54. The molecule has 0 amide bonds. The van der Waals surface area contributed by atoms with Crippen LogP contribution in [0, 0.1) is 0 Å². The predicted molar refractivity (Wildman–Crippen MR) is 56.2 cm³/mol. The van der Waals surface area contributed by atoms with E-state index in [9.17, 15) is 0 Å². The highest BCUT2D eigenvalue weighted by molar-refractivity contribution is 6.17. The zero-order valence-corrected chi connectivity index (χ0v) is 9.48. The van der Waals surface area contributed by atoms with Gasteiger partial charge < -0.3 is 9.47 Å². The lowest BCUT2D eigenvalue weighted by Gasteiger charge is -2.14. The van der Waals surface area contributed by atoms with Gasteiger partial charge in [-0.15, -0.1) is 11.6 Å². The second-order valence-corrected chi connectivity index (χ2v) is 3.45. The van der Waals surface area contributed by atoms with E-state index in [0.717, 1.165) is 44.6 Å². The van der Waals surface area contributed by atoms with Crippen LogP contribution in [0.15, 0.2) is 0 Å². The quantitative estimate of drug-likeness (QED) is 0.329. The molecule has 0 aromatic carbocycles. The molecule has 0 radical (unpaired) electrons. The van der Waals surface area contributed by atoms with Gasteiger partial charge in [0.1, 0.15) is 0 Å². The van der Waals surface area contributed by atoms with Crippen molar-refractivity contribution < 1.29 is 9.47 Å². The monoisotopic (exact) mass is 208 g/mol. The van der Waals surface area contributed by atoms with E-state index >= 15 is 0 Å². The van der Waals surface area contributed by atoms with Gasteiger partial charge in [0.25, 0.3) is 0 Å². The maximum Gasteiger partial charge on any atom is 0.157 e. The molecular weight excluding hydrogens is 188 g/mol. The molecule has 13 heavy (non-hydrogen) atoms. The van der Waals surface area contributed by atoms with E-state index in [1.165, 1.54) is 0 Å². The predicted octanol–water partition coefficient (Wildman–Crippen LogP) is 3.18. The first kappa shape index (κ1) is 13.2. The summed E-state index contributed by atoms with van der Waals surface area (Å²) in [6.07, 6.45) is 5.37. The largest absolute Gasteiger partial charge is 0.356 e. The molecule has 0 aliphatic heterocycles. The van der Waals surface area contributed by atoms with E-state index in [1.807, 2.05) is 0 Å². The topological polar surface area (TPSA) is 18.5 Å². The lowest BCUT2D eigenvalue weighted by molar-refractivity contribution is -0.128. The Hall–Kier alpha value is 0.210. The molecule has 0 saturated carbocycles. The molecule has 2 nitrogen and oxygen atoms in total. The van der Waals surface area contributed by atoms with Crippen LogP contribution in [0.5, 0.6) is 0 Å². The van der Waals surface area contributed by atoms with Gasteiger partial charge in [-0.05, 0) is 25.7 Å². The van der Waals surface area contributed by atoms with E-state index in [-0.39, 0.29) is 6.29 Å². The molecule has 0 N–H and O–H groups in total. The normalized spacial score (nSPS) is 13.2. The second kappa shape index (κ2) is 10.3. The zero-order chi connectivity index (χ0) is 9.94. The molecular formula is C10H21ClO2. The van der Waals surface area contributed by atoms with E-state index in [0.29, 0.717) is 0 Å². The summed E-state index contributed by atoms with van der Waals surface area (Å²) in [5.41, 5.74) is 0. The van der Waals surface area contributed by atoms with Crippen molar-refractivity contribution in [3.05, 3.63) is 0 Å². The van der Waals surface area contributed by atoms with Crippen molar-refractivity contribution in [2.75, 3.05) is 19.6 Å². The Morgan fingerprint density at radius 1 is 1.23 bits per heavy atom. The fourth-order valence-electron chi connectivity index (χ4n) is 1.09. The van der Waals surface area contributed by atoms with Crippen LogP contribution < -0.4 is 0 Å². The van der Waals surface area contributed by atoms with Crippen LogP contribution in [0.3, 0.4) is 0 Å². The first-order chi connectivity index (χ1) is 6.35. The Morgan fingerprint density at radius 2 is 2.00 bits per heavy atom. The lowest BCUT2D eigenvalue weighted by atomic mass is 10.2. The summed E-state index contributed by atoms with van der Waals surface area (Å²) in [6.45, 7) is 2.91. The summed E-state index contributed by atoms with van der Waals surface area (Å²) in [5.74, 6) is 0.753. The van der Waals surface area contributed by atoms with E-state index < -0.39 is 0 Å². The third-order valence-electron chi connectivity index (χ3n) is 1.87. The maximum atomic E-state index is 5.55. The first-order valence-electron chi connectivity index (χ1n) is 5.05. The standard InChI is InChI=1S/C10H21ClO2/c1-3-7-10(12-2)13-9-6-4-5-8-11/h10H,3-9H2,1-2H3. The van der Waals surface area contributed by atoms with Crippen molar-refractivity contribution in [3.8, 4) is 0 Å². The molecule has 0 heterocycles. The number of hydrogen-bond acceptors (Lipinski definition) is 2. The minimum Gasteiger partial charge on any atom is -0.356 e. The van der Waals surface area contributed by atoms with E-state index in [2.05, 4.69) is 6.92 Å². The molecule has 0 aromatic rings. The number of rotatable bonds is 9. The molecule has 0 bridgehead atoms. The Balaban J connectivity index is 3.17. The molecule has 0 aliphatic rings. The average Bonchev–Trinajstić information content (AvgIpc) is 2.16. The van der Waals surface area contributed by atoms with Crippen molar-refractivity contribution in [2.24, 2.45) is 0 Å². The van der Waals surface area contributed by atoms with Crippen molar-refractivity contribution in [1.82, 2.24) is 0 Å². The highest BCUT2D eigenvalue weighted by atomic mass is 35.5. The summed E-state index contributed by atoms with van der Waals surface area (Å²) < 4.78 is 10.7. The summed E-state index contributed by atoms with van der Waals surface area (Å²) in [6, 6.07) is 0. The van der Waals surface area contributed by atoms with Gasteiger partial charge in [-0.3, -0.25) is 0 Å². The lowest BCUT2D eigenvalue weighted by Crippen LogP contribution is -2.15. The molecule has 0 rings (SSSR count). The first-order valence-corrected chi connectivity index (χ1v) is 5.59. The fraction of sp³-hybridized carbons (Fsp3) is 1.00. The van der Waals surface area contributed by atoms with Gasteiger partial charge in [0.2, 0.25) is 0 Å². The van der Waals surface area contributed by atoms with E-state index in [1.54, 1.807) is 7.11 Å². The van der Waals surface area contributed by atoms with Gasteiger partial charge in [-0.1, -0.05) is 13.3 Å². The van der Waals surface area contributed by atoms with Gasteiger partial charge in [0.05, 0.1) is 0 Å². The maximum absolute atomic E-state index is 5.55. The van der Waals surface area contributed by atoms with Gasteiger partial charge in [0.15, 0.2) is 6.29 Å². The fourth-order valence-corrected chi connectivity index (χ4v) is 1.28. The summed E-state index contributed by atoms with van der Waals surface area (Å²) >= 11 is 5.55. The Bertz CT molecular complexity index is 98.9. The number of unbranched alkanes of at least 4 members (excludes halogenated alkanes) is 2. The van der Waals surface area contributed by atoms with Crippen LogP contribution in [0.25, 0.3) is 0 Å². The Morgan fingerprint density at radius 3 is 2.54 bits per heavy atom. The molecule has 0 saturated heterocycles. The molecule has 0 aliphatic carbocycles. The van der Waals surface area contributed by atoms with Crippen molar-refractivity contribution in [3.63, 3.8) is 0 Å². The average molecular weight is 209 g/mol. The smallest absolute Gasteiger partial charge is 0.157 e.